The van der Waals surface area contributed by atoms with Crippen molar-refractivity contribution in [2.75, 3.05) is 13.7 Å². The van der Waals surface area contributed by atoms with Crippen LogP contribution >= 0.6 is 0 Å². The molecule has 4 heteroatoms. The van der Waals surface area contributed by atoms with Gasteiger partial charge in [0, 0.05) is 6.42 Å². The van der Waals surface area contributed by atoms with E-state index in [0.29, 0.717) is 12.4 Å². The molecule has 0 saturated carbocycles. The van der Waals surface area contributed by atoms with Crippen LogP contribution in [0.15, 0.2) is 28.7 Å². The van der Waals surface area contributed by atoms with Crippen molar-refractivity contribution >= 4 is 0 Å². The zero-order valence-electron chi connectivity index (χ0n) is 10.1. The number of hydrogen-bond acceptors (Lipinski definition) is 4. The van der Waals surface area contributed by atoms with Crippen molar-refractivity contribution in [2.45, 2.75) is 13.3 Å². The van der Waals surface area contributed by atoms with E-state index in [1.807, 2.05) is 31.2 Å². The van der Waals surface area contributed by atoms with E-state index in [1.165, 1.54) is 0 Å². The predicted octanol–water partition coefficient (Wildman–Crippen LogP) is 2.16. The smallest absolute Gasteiger partial charge is 0.230 e. The third-order valence-electron chi connectivity index (χ3n) is 2.61. The third kappa shape index (κ3) is 2.31. The van der Waals surface area contributed by atoms with Gasteiger partial charge in [0.05, 0.1) is 18.4 Å². The van der Waals surface area contributed by atoms with Gasteiger partial charge in [-0.2, -0.15) is 0 Å². The normalized spacial score (nSPS) is 10.5. The molecule has 0 spiro atoms. The Kier molecular flexibility index (Phi) is 3.44. The van der Waals surface area contributed by atoms with Gasteiger partial charge in [-0.1, -0.05) is 12.1 Å². The number of aryl methyl sites for hydroxylation is 1. The van der Waals surface area contributed by atoms with E-state index < -0.39 is 0 Å². The Labute approximate surface area is 100 Å². The van der Waals surface area contributed by atoms with Gasteiger partial charge in [0.1, 0.15) is 11.5 Å². The molecule has 0 aliphatic rings. The largest absolute Gasteiger partial charge is 0.496 e. The van der Waals surface area contributed by atoms with Gasteiger partial charge in [-0.05, 0) is 25.6 Å². The van der Waals surface area contributed by atoms with E-state index in [0.717, 1.165) is 29.2 Å². The van der Waals surface area contributed by atoms with Crippen molar-refractivity contribution in [3.8, 4) is 17.2 Å². The van der Waals surface area contributed by atoms with E-state index in [9.17, 15) is 0 Å². The van der Waals surface area contributed by atoms with Crippen LogP contribution in [0.4, 0.5) is 0 Å². The average Bonchev–Trinajstić information content (AvgIpc) is 2.71. The summed E-state index contributed by atoms with van der Waals surface area (Å²) in [7, 11) is 1.63. The molecule has 0 radical (unpaired) electrons. The van der Waals surface area contributed by atoms with E-state index >= 15 is 0 Å². The van der Waals surface area contributed by atoms with E-state index in [1.54, 1.807) is 7.11 Å². The Morgan fingerprint density at radius 3 is 2.82 bits per heavy atom. The number of hydrogen-bond donors (Lipinski definition) is 1. The fraction of sp³-hybridized carbons (Fsp3) is 0.308. The minimum Gasteiger partial charge on any atom is -0.496 e. The summed E-state index contributed by atoms with van der Waals surface area (Å²) >= 11 is 0. The molecule has 0 amide bonds. The zero-order valence-corrected chi connectivity index (χ0v) is 10.1. The van der Waals surface area contributed by atoms with Crippen LogP contribution in [0, 0.1) is 6.92 Å². The van der Waals surface area contributed by atoms with Crippen molar-refractivity contribution in [1.29, 1.82) is 0 Å². The Balaban J connectivity index is 2.42. The number of nitrogens with zero attached hydrogens (tertiary/aromatic N) is 1. The molecule has 1 heterocycles. The van der Waals surface area contributed by atoms with Gasteiger partial charge in [-0.3, -0.25) is 0 Å². The van der Waals surface area contributed by atoms with Gasteiger partial charge in [0.25, 0.3) is 0 Å². The highest BCUT2D eigenvalue weighted by atomic mass is 16.5. The highest BCUT2D eigenvalue weighted by Crippen LogP contribution is 2.30. The molecular formula is C13H16N2O2. The maximum Gasteiger partial charge on any atom is 0.230 e. The molecule has 4 nitrogen and oxygen atoms in total. The third-order valence-corrected chi connectivity index (χ3v) is 2.61. The number of benzene rings is 1. The molecule has 1 aromatic carbocycles. The van der Waals surface area contributed by atoms with Crippen LogP contribution in [0.25, 0.3) is 11.5 Å². The molecular weight excluding hydrogens is 216 g/mol. The molecule has 0 aliphatic carbocycles. The van der Waals surface area contributed by atoms with Crippen molar-refractivity contribution in [1.82, 2.24) is 4.98 Å². The Morgan fingerprint density at radius 1 is 1.35 bits per heavy atom. The lowest BCUT2D eigenvalue weighted by molar-refractivity contribution is 0.414. The van der Waals surface area contributed by atoms with E-state index in [2.05, 4.69) is 4.98 Å². The van der Waals surface area contributed by atoms with Gasteiger partial charge < -0.3 is 14.9 Å². The summed E-state index contributed by atoms with van der Waals surface area (Å²) in [5.74, 6) is 2.16. The van der Waals surface area contributed by atoms with Crippen molar-refractivity contribution < 1.29 is 9.15 Å². The predicted molar refractivity (Wildman–Crippen MR) is 66.0 cm³/mol. The lowest BCUT2D eigenvalue weighted by atomic mass is 10.2. The first kappa shape index (κ1) is 11.7. The number of para-hydroxylation sites is 1. The molecule has 0 bridgehead atoms. The summed E-state index contributed by atoms with van der Waals surface area (Å²) in [6.45, 7) is 2.47. The summed E-state index contributed by atoms with van der Waals surface area (Å²) in [5.41, 5.74) is 7.30. The molecule has 0 unspecified atom stereocenters. The van der Waals surface area contributed by atoms with Crippen LogP contribution in [0.2, 0.25) is 0 Å². The maximum atomic E-state index is 5.65. The average molecular weight is 232 g/mol. The van der Waals surface area contributed by atoms with Gasteiger partial charge in [-0.15, -0.1) is 0 Å². The lowest BCUT2D eigenvalue weighted by Gasteiger charge is -2.03. The first-order valence-electron chi connectivity index (χ1n) is 5.56. The first-order chi connectivity index (χ1) is 8.26. The van der Waals surface area contributed by atoms with Crippen LogP contribution < -0.4 is 10.5 Å². The van der Waals surface area contributed by atoms with Gasteiger partial charge in [-0.25, -0.2) is 4.98 Å². The monoisotopic (exact) mass is 232 g/mol. The highest BCUT2D eigenvalue weighted by molar-refractivity contribution is 5.62. The fourth-order valence-corrected chi connectivity index (χ4v) is 1.73. The minimum absolute atomic E-state index is 0.568. The number of rotatable bonds is 4. The number of aromatic nitrogens is 1. The minimum atomic E-state index is 0.568. The van der Waals surface area contributed by atoms with Crippen LogP contribution in [0.5, 0.6) is 5.75 Å². The second-order valence-corrected chi connectivity index (χ2v) is 3.76. The summed E-state index contributed by atoms with van der Waals surface area (Å²) < 4.78 is 10.9. The van der Waals surface area contributed by atoms with Crippen molar-refractivity contribution in [2.24, 2.45) is 5.73 Å². The second kappa shape index (κ2) is 5.01. The highest BCUT2D eigenvalue weighted by Gasteiger charge is 2.13. The van der Waals surface area contributed by atoms with Gasteiger partial charge in [0.15, 0.2) is 0 Å². The van der Waals surface area contributed by atoms with Gasteiger partial charge >= 0.3 is 0 Å². The number of oxazole rings is 1. The Morgan fingerprint density at radius 2 is 2.12 bits per heavy atom. The topological polar surface area (TPSA) is 61.3 Å². The molecule has 0 saturated heterocycles. The molecule has 90 valence electrons. The Bertz CT molecular complexity index is 506. The quantitative estimate of drug-likeness (QED) is 0.877. The SMILES string of the molecule is COc1ccccc1-c1nc(CCN)c(C)o1. The molecule has 0 aliphatic heterocycles. The Hall–Kier alpha value is -1.81. The van der Waals surface area contributed by atoms with E-state index in [-0.39, 0.29) is 0 Å². The summed E-state index contributed by atoms with van der Waals surface area (Å²) in [6, 6.07) is 7.66. The molecule has 0 fully saturated rings. The molecule has 2 N–H and O–H groups in total. The summed E-state index contributed by atoms with van der Waals surface area (Å²) in [6.07, 6.45) is 0.727. The lowest BCUT2D eigenvalue weighted by Crippen LogP contribution is -2.03. The summed E-state index contributed by atoms with van der Waals surface area (Å²) in [4.78, 5) is 4.45. The van der Waals surface area contributed by atoms with Gasteiger partial charge in [0.2, 0.25) is 5.89 Å². The second-order valence-electron chi connectivity index (χ2n) is 3.76. The molecule has 2 aromatic rings. The molecule has 1 aromatic heterocycles. The number of nitrogens with two attached hydrogens (primary N) is 1. The molecule has 2 rings (SSSR count). The van der Waals surface area contributed by atoms with Crippen molar-refractivity contribution in [3.05, 3.63) is 35.7 Å². The van der Waals surface area contributed by atoms with Crippen LogP contribution in [0.1, 0.15) is 11.5 Å². The van der Waals surface area contributed by atoms with Crippen LogP contribution in [0.3, 0.4) is 0 Å². The molecule has 0 atom stereocenters. The number of methoxy groups -OCH3 is 1. The standard InChI is InChI=1S/C13H16N2O2/c1-9-11(7-8-14)15-13(17-9)10-5-3-4-6-12(10)16-2/h3-6H,7-8,14H2,1-2H3. The maximum absolute atomic E-state index is 5.65. The summed E-state index contributed by atoms with van der Waals surface area (Å²) in [5, 5.41) is 0. The number of ether oxygens (including phenoxy) is 1. The van der Waals surface area contributed by atoms with E-state index in [4.69, 9.17) is 14.9 Å². The van der Waals surface area contributed by atoms with Crippen LogP contribution in [-0.4, -0.2) is 18.6 Å². The zero-order chi connectivity index (χ0) is 12.3. The fourth-order valence-electron chi connectivity index (χ4n) is 1.73. The van der Waals surface area contributed by atoms with Crippen molar-refractivity contribution in [3.63, 3.8) is 0 Å². The molecule has 17 heavy (non-hydrogen) atoms. The first-order valence-corrected chi connectivity index (χ1v) is 5.56. The van der Waals surface area contributed by atoms with Crippen LogP contribution in [-0.2, 0) is 6.42 Å².